The van der Waals surface area contributed by atoms with Crippen LogP contribution in [0.25, 0.3) is 10.8 Å². The maximum absolute atomic E-state index is 12.2. The highest BCUT2D eigenvalue weighted by atomic mass is 16.4. The van der Waals surface area contributed by atoms with Gasteiger partial charge in [-0.1, -0.05) is 30.3 Å². The van der Waals surface area contributed by atoms with Crippen LogP contribution >= 0.6 is 0 Å². The molecule has 0 aliphatic heterocycles. The molecule has 0 saturated heterocycles. The van der Waals surface area contributed by atoms with Crippen LogP contribution in [0.15, 0.2) is 42.5 Å². The molecule has 2 atom stereocenters. The summed E-state index contributed by atoms with van der Waals surface area (Å²) in [6.45, 7) is 0.243. The summed E-state index contributed by atoms with van der Waals surface area (Å²) in [5, 5.41) is 16.6. The van der Waals surface area contributed by atoms with Crippen LogP contribution in [0, 0.1) is 5.92 Å². The van der Waals surface area contributed by atoms with Gasteiger partial charge in [-0.2, -0.15) is 0 Å². The minimum absolute atomic E-state index is 0.0835. The fourth-order valence-electron chi connectivity index (χ4n) is 3.36. The quantitative estimate of drug-likeness (QED) is 0.742. The van der Waals surface area contributed by atoms with Crippen molar-refractivity contribution in [2.24, 2.45) is 5.92 Å². The molecule has 0 radical (unpaired) electrons. The number of nitrogens with one attached hydrogen (secondary N) is 2. The third kappa shape index (κ3) is 4.39. The maximum Gasteiger partial charge on any atom is 0.306 e. The molecule has 3 N–H and O–H groups in total. The molecule has 0 spiro atoms. The van der Waals surface area contributed by atoms with Gasteiger partial charge in [0.2, 0.25) is 5.91 Å². The molecule has 6 nitrogen and oxygen atoms in total. The summed E-state index contributed by atoms with van der Waals surface area (Å²) in [6, 6.07) is 13.2. The van der Waals surface area contributed by atoms with Crippen LogP contribution in [0.1, 0.15) is 36.0 Å². The van der Waals surface area contributed by atoms with Gasteiger partial charge in [-0.3, -0.25) is 14.4 Å². The van der Waals surface area contributed by atoms with Crippen molar-refractivity contribution >= 4 is 28.6 Å². The zero-order valence-electron chi connectivity index (χ0n) is 14.4. The van der Waals surface area contributed by atoms with E-state index in [-0.39, 0.29) is 36.7 Å². The summed E-state index contributed by atoms with van der Waals surface area (Å²) in [5.74, 6) is -1.55. The fourth-order valence-corrected chi connectivity index (χ4v) is 3.36. The Hall–Kier alpha value is -2.89. The molecule has 0 heterocycles. The van der Waals surface area contributed by atoms with Crippen LogP contribution in [0.4, 0.5) is 0 Å². The SMILES string of the molecule is O=C(CCNC(=O)c1ccc2ccccc2c1)N[C@@H]1CC[C@H](C(=O)O)C1. The lowest BCUT2D eigenvalue weighted by molar-refractivity contribution is -0.141. The van der Waals surface area contributed by atoms with Gasteiger partial charge in [0.1, 0.15) is 0 Å². The molecule has 2 amide bonds. The molecule has 1 aliphatic rings. The second kappa shape index (κ2) is 7.99. The first kappa shape index (κ1) is 17.9. The topological polar surface area (TPSA) is 95.5 Å². The zero-order chi connectivity index (χ0) is 18.5. The predicted octanol–water partition coefficient (Wildman–Crippen LogP) is 2.33. The van der Waals surface area contributed by atoms with Gasteiger partial charge in [-0.05, 0) is 42.2 Å². The molecular formula is C20H22N2O4. The van der Waals surface area contributed by atoms with E-state index in [4.69, 9.17) is 5.11 Å². The highest BCUT2D eigenvalue weighted by Gasteiger charge is 2.30. The summed E-state index contributed by atoms with van der Waals surface area (Å²) < 4.78 is 0. The van der Waals surface area contributed by atoms with Gasteiger partial charge >= 0.3 is 5.97 Å². The van der Waals surface area contributed by atoms with Crippen molar-refractivity contribution in [3.8, 4) is 0 Å². The molecule has 1 aliphatic carbocycles. The normalized spacial score (nSPS) is 19.2. The first-order valence-electron chi connectivity index (χ1n) is 8.82. The van der Waals surface area contributed by atoms with Crippen LogP contribution in [-0.2, 0) is 9.59 Å². The van der Waals surface area contributed by atoms with E-state index in [1.807, 2.05) is 36.4 Å². The molecule has 2 aromatic carbocycles. The third-order valence-corrected chi connectivity index (χ3v) is 4.80. The molecule has 3 rings (SSSR count). The van der Waals surface area contributed by atoms with Crippen molar-refractivity contribution in [2.75, 3.05) is 6.54 Å². The molecule has 2 aromatic rings. The van der Waals surface area contributed by atoms with E-state index in [2.05, 4.69) is 10.6 Å². The predicted molar refractivity (Wildman–Crippen MR) is 97.8 cm³/mol. The fraction of sp³-hybridized carbons (Fsp3) is 0.350. The average Bonchev–Trinajstić information content (AvgIpc) is 3.10. The van der Waals surface area contributed by atoms with Crippen molar-refractivity contribution in [2.45, 2.75) is 31.7 Å². The van der Waals surface area contributed by atoms with E-state index in [0.29, 0.717) is 24.8 Å². The number of amides is 2. The van der Waals surface area contributed by atoms with Crippen LogP contribution in [0.5, 0.6) is 0 Å². The highest BCUT2D eigenvalue weighted by Crippen LogP contribution is 2.25. The van der Waals surface area contributed by atoms with Crippen molar-refractivity contribution in [1.29, 1.82) is 0 Å². The summed E-state index contributed by atoms with van der Waals surface area (Å²) in [6.07, 6.45) is 1.93. The number of rotatable bonds is 6. The Morgan fingerprint density at radius 2 is 1.81 bits per heavy atom. The summed E-state index contributed by atoms with van der Waals surface area (Å²) in [7, 11) is 0. The number of carboxylic acid groups (broad SMARTS) is 1. The number of carbonyl (C=O) groups excluding carboxylic acids is 2. The van der Waals surface area contributed by atoms with Crippen LogP contribution in [0.2, 0.25) is 0 Å². The van der Waals surface area contributed by atoms with E-state index >= 15 is 0 Å². The summed E-state index contributed by atoms with van der Waals surface area (Å²) >= 11 is 0. The zero-order valence-corrected chi connectivity index (χ0v) is 14.4. The van der Waals surface area contributed by atoms with Gasteiger partial charge in [0.25, 0.3) is 5.91 Å². The summed E-state index contributed by atoms with van der Waals surface area (Å²) in [4.78, 5) is 35.1. The molecule has 0 unspecified atom stereocenters. The monoisotopic (exact) mass is 354 g/mol. The van der Waals surface area contributed by atoms with Crippen LogP contribution < -0.4 is 10.6 Å². The number of fused-ring (bicyclic) bond motifs is 1. The molecule has 6 heteroatoms. The Morgan fingerprint density at radius 1 is 1.04 bits per heavy atom. The first-order valence-corrected chi connectivity index (χ1v) is 8.82. The second-order valence-electron chi connectivity index (χ2n) is 6.68. The number of aliphatic carboxylic acids is 1. The Morgan fingerprint density at radius 3 is 2.54 bits per heavy atom. The highest BCUT2D eigenvalue weighted by molar-refractivity contribution is 5.98. The Bertz CT molecular complexity index is 833. The van der Waals surface area contributed by atoms with Gasteiger partial charge in [-0.25, -0.2) is 0 Å². The smallest absolute Gasteiger partial charge is 0.306 e. The molecule has 136 valence electrons. The van der Waals surface area contributed by atoms with E-state index in [1.165, 1.54) is 0 Å². The Balaban J connectivity index is 1.44. The molecule has 0 aromatic heterocycles. The lowest BCUT2D eigenvalue weighted by atomic mass is 10.1. The van der Waals surface area contributed by atoms with Crippen molar-refractivity contribution < 1.29 is 19.5 Å². The second-order valence-corrected chi connectivity index (χ2v) is 6.68. The number of carboxylic acids is 1. The largest absolute Gasteiger partial charge is 0.481 e. The Labute approximate surface area is 151 Å². The molecule has 26 heavy (non-hydrogen) atoms. The van der Waals surface area contributed by atoms with Gasteiger partial charge < -0.3 is 15.7 Å². The third-order valence-electron chi connectivity index (χ3n) is 4.80. The van der Waals surface area contributed by atoms with Gasteiger partial charge in [0, 0.05) is 24.6 Å². The molecule has 0 bridgehead atoms. The Kier molecular flexibility index (Phi) is 5.51. The number of benzene rings is 2. The molecule has 1 fully saturated rings. The molecular weight excluding hydrogens is 332 g/mol. The summed E-state index contributed by atoms with van der Waals surface area (Å²) in [5.41, 5.74) is 0.559. The van der Waals surface area contributed by atoms with E-state index < -0.39 is 5.97 Å². The number of carbonyl (C=O) groups is 3. The van der Waals surface area contributed by atoms with E-state index in [9.17, 15) is 14.4 Å². The van der Waals surface area contributed by atoms with Crippen molar-refractivity contribution in [3.05, 3.63) is 48.0 Å². The lowest BCUT2D eigenvalue weighted by Gasteiger charge is -2.12. The van der Waals surface area contributed by atoms with Gasteiger partial charge in [-0.15, -0.1) is 0 Å². The van der Waals surface area contributed by atoms with E-state index in [0.717, 1.165) is 10.8 Å². The molecule has 1 saturated carbocycles. The van der Waals surface area contributed by atoms with Crippen LogP contribution in [-0.4, -0.2) is 35.5 Å². The first-order chi connectivity index (χ1) is 12.5. The standard InChI is InChI=1S/C20H22N2O4/c23-18(22-17-8-7-16(12-17)20(25)26)9-10-21-19(24)15-6-5-13-3-1-2-4-14(13)11-15/h1-6,11,16-17H,7-10,12H2,(H,21,24)(H,22,23)(H,25,26)/t16-,17+/m0/s1. The van der Waals surface area contributed by atoms with Crippen molar-refractivity contribution in [1.82, 2.24) is 10.6 Å². The van der Waals surface area contributed by atoms with E-state index in [1.54, 1.807) is 6.07 Å². The number of hydrogen-bond donors (Lipinski definition) is 3. The van der Waals surface area contributed by atoms with Gasteiger partial charge in [0.05, 0.1) is 5.92 Å². The maximum atomic E-state index is 12.2. The van der Waals surface area contributed by atoms with Gasteiger partial charge in [0.15, 0.2) is 0 Å². The lowest BCUT2D eigenvalue weighted by Crippen LogP contribution is -2.36. The minimum Gasteiger partial charge on any atom is -0.481 e. The minimum atomic E-state index is -0.801. The van der Waals surface area contributed by atoms with Crippen LogP contribution in [0.3, 0.4) is 0 Å². The van der Waals surface area contributed by atoms with Crippen molar-refractivity contribution in [3.63, 3.8) is 0 Å². The average molecular weight is 354 g/mol. The number of hydrogen-bond acceptors (Lipinski definition) is 3.